The fourth-order valence-electron chi connectivity index (χ4n) is 2.57. The van der Waals surface area contributed by atoms with Crippen molar-refractivity contribution in [2.75, 3.05) is 37.2 Å². The molecule has 10 heteroatoms. The molecule has 1 fully saturated rings. The summed E-state index contributed by atoms with van der Waals surface area (Å²) in [4.78, 5) is 19.7. The van der Waals surface area contributed by atoms with Crippen molar-refractivity contribution in [3.8, 4) is 0 Å². The second-order valence-corrected chi connectivity index (χ2v) is 8.08. The van der Waals surface area contributed by atoms with Crippen LogP contribution in [0, 0.1) is 0 Å². The van der Waals surface area contributed by atoms with Crippen LogP contribution in [-0.4, -0.2) is 72.7 Å². The number of rotatable bonds is 8. The van der Waals surface area contributed by atoms with E-state index in [1.165, 1.54) is 4.31 Å². The highest BCUT2D eigenvalue weighted by Gasteiger charge is 2.30. The molecule has 1 aromatic rings. The van der Waals surface area contributed by atoms with Crippen molar-refractivity contribution in [2.45, 2.75) is 32.5 Å². The van der Waals surface area contributed by atoms with Crippen LogP contribution >= 0.6 is 0 Å². The van der Waals surface area contributed by atoms with Crippen molar-refractivity contribution in [2.24, 2.45) is 0 Å². The predicted octanol–water partition coefficient (Wildman–Crippen LogP) is -0.166. The van der Waals surface area contributed by atoms with E-state index in [-0.39, 0.29) is 36.8 Å². The number of sulfonamides is 1. The van der Waals surface area contributed by atoms with E-state index in [9.17, 15) is 13.2 Å². The van der Waals surface area contributed by atoms with Gasteiger partial charge in [-0.05, 0) is 19.9 Å². The number of carbonyl (C=O) groups is 1. The number of aromatic nitrogens is 2. The van der Waals surface area contributed by atoms with E-state index >= 15 is 0 Å². The van der Waals surface area contributed by atoms with Gasteiger partial charge in [0, 0.05) is 45.0 Å². The van der Waals surface area contributed by atoms with E-state index in [1.807, 2.05) is 13.8 Å². The van der Waals surface area contributed by atoms with Crippen LogP contribution in [0.25, 0.3) is 0 Å². The van der Waals surface area contributed by atoms with E-state index in [0.717, 1.165) is 0 Å². The maximum absolute atomic E-state index is 12.3. The summed E-state index contributed by atoms with van der Waals surface area (Å²) in [6.07, 6.45) is 3.17. The lowest BCUT2D eigenvalue weighted by molar-refractivity contribution is -0.120. The van der Waals surface area contributed by atoms with Crippen LogP contribution < -0.4 is 10.6 Å². The van der Waals surface area contributed by atoms with Gasteiger partial charge in [-0.15, -0.1) is 0 Å². The van der Waals surface area contributed by atoms with Gasteiger partial charge >= 0.3 is 0 Å². The number of amides is 1. The molecule has 0 aromatic carbocycles. The molecule has 2 atom stereocenters. The Labute approximate surface area is 148 Å². The highest BCUT2D eigenvalue weighted by atomic mass is 32.2. The van der Waals surface area contributed by atoms with Crippen molar-refractivity contribution in [3.05, 3.63) is 18.5 Å². The molecule has 0 radical (unpaired) electrons. The summed E-state index contributed by atoms with van der Waals surface area (Å²) in [5, 5.41) is 5.55. The van der Waals surface area contributed by atoms with Gasteiger partial charge in [-0.1, -0.05) is 0 Å². The lowest BCUT2D eigenvalue weighted by Crippen LogP contribution is -2.49. The normalized spacial score (nSPS) is 21.7. The van der Waals surface area contributed by atoms with Gasteiger partial charge in [-0.3, -0.25) is 4.79 Å². The number of carbonyl (C=O) groups excluding carboxylic acids is 1. The molecular formula is C15H25N5O4S. The molecule has 0 unspecified atom stereocenters. The summed E-state index contributed by atoms with van der Waals surface area (Å²) >= 11 is 0. The molecule has 1 amide bonds. The van der Waals surface area contributed by atoms with Gasteiger partial charge in [-0.2, -0.15) is 4.31 Å². The third-order valence-electron chi connectivity index (χ3n) is 3.66. The number of morpholine rings is 1. The van der Waals surface area contributed by atoms with Crippen LogP contribution in [0.1, 0.15) is 20.3 Å². The van der Waals surface area contributed by atoms with Crippen molar-refractivity contribution >= 4 is 21.9 Å². The van der Waals surface area contributed by atoms with Gasteiger partial charge in [0.25, 0.3) is 0 Å². The first-order valence-corrected chi connectivity index (χ1v) is 9.88. The SMILES string of the molecule is C[C@@H]1CN(S(=O)(=O)CCNC(=O)CCNc2ncccn2)C[C@H](C)O1. The first-order valence-electron chi connectivity index (χ1n) is 8.27. The van der Waals surface area contributed by atoms with Gasteiger partial charge in [0.05, 0.1) is 18.0 Å². The Balaban J connectivity index is 1.67. The zero-order valence-corrected chi connectivity index (χ0v) is 15.3. The Morgan fingerprint density at radius 1 is 1.24 bits per heavy atom. The zero-order chi connectivity index (χ0) is 18.3. The Morgan fingerprint density at radius 3 is 2.52 bits per heavy atom. The first kappa shape index (κ1) is 19.5. The van der Waals surface area contributed by atoms with Gasteiger partial charge in [0.15, 0.2) is 0 Å². The Hall–Kier alpha value is -1.78. The summed E-state index contributed by atoms with van der Waals surface area (Å²) in [6, 6.07) is 1.70. The largest absolute Gasteiger partial charge is 0.373 e. The average Bonchev–Trinajstić information content (AvgIpc) is 2.55. The minimum atomic E-state index is -3.41. The standard InChI is InChI=1S/C15H25N5O4S/c1-12-10-20(11-13(2)24-12)25(22,23)9-8-16-14(21)4-7-19-15-17-5-3-6-18-15/h3,5-6,12-13H,4,7-11H2,1-2H3,(H,16,21)(H,17,18,19)/t12-,13+. The number of anilines is 1. The quantitative estimate of drug-likeness (QED) is 0.652. The van der Waals surface area contributed by atoms with Crippen LogP contribution in [0.2, 0.25) is 0 Å². The van der Waals surface area contributed by atoms with Crippen LogP contribution in [0.3, 0.4) is 0 Å². The second-order valence-electron chi connectivity index (χ2n) is 5.99. The van der Waals surface area contributed by atoms with Gasteiger partial charge in [-0.25, -0.2) is 18.4 Å². The Kier molecular flexibility index (Phi) is 7.09. The smallest absolute Gasteiger partial charge is 0.222 e. The van der Waals surface area contributed by atoms with Crippen molar-refractivity contribution in [1.29, 1.82) is 0 Å². The third kappa shape index (κ3) is 6.56. The summed E-state index contributed by atoms with van der Waals surface area (Å²) in [7, 11) is -3.41. The van der Waals surface area contributed by atoms with Crippen molar-refractivity contribution in [1.82, 2.24) is 19.6 Å². The summed E-state index contributed by atoms with van der Waals surface area (Å²) in [5.41, 5.74) is 0. The molecule has 0 saturated carbocycles. The average molecular weight is 371 g/mol. The Bertz CT molecular complexity index is 645. The fourth-order valence-corrected chi connectivity index (χ4v) is 4.07. The number of hydrogen-bond donors (Lipinski definition) is 2. The summed E-state index contributed by atoms with van der Waals surface area (Å²) < 4.78 is 31.7. The van der Waals surface area contributed by atoms with Crippen molar-refractivity contribution in [3.63, 3.8) is 0 Å². The maximum Gasteiger partial charge on any atom is 0.222 e. The molecule has 2 rings (SSSR count). The van der Waals surface area contributed by atoms with E-state index in [4.69, 9.17) is 4.74 Å². The maximum atomic E-state index is 12.3. The molecule has 140 valence electrons. The van der Waals surface area contributed by atoms with Crippen LogP contribution in [0.4, 0.5) is 5.95 Å². The molecule has 1 saturated heterocycles. The number of nitrogens with zero attached hydrogens (tertiary/aromatic N) is 3. The van der Waals surface area contributed by atoms with Crippen molar-refractivity contribution < 1.29 is 17.9 Å². The molecule has 2 heterocycles. The van der Waals surface area contributed by atoms with E-state index in [2.05, 4.69) is 20.6 Å². The third-order valence-corrected chi connectivity index (χ3v) is 5.47. The Morgan fingerprint density at radius 2 is 1.88 bits per heavy atom. The zero-order valence-electron chi connectivity index (χ0n) is 14.5. The summed E-state index contributed by atoms with van der Waals surface area (Å²) in [5.74, 6) is 0.115. The highest BCUT2D eigenvalue weighted by Crippen LogP contribution is 2.14. The van der Waals surface area contributed by atoms with Crippen LogP contribution in [0.15, 0.2) is 18.5 Å². The molecule has 9 nitrogen and oxygen atoms in total. The lowest BCUT2D eigenvalue weighted by atomic mass is 10.3. The molecule has 2 N–H and O–H groups in total. The van der Waals surface area contributed by atoms with Crippen LogP contribution in [-0.2, 0) is 19.6 Å². The van der Waals surface area contributed by atoms with Gasteiger partial charge in [0.2, 0.25) is 21.9 Å². The molecule has 0 bridgehead atoms. The fraction of sp³-hybridized carbons (Fsp3) is 0.667. The van der Waals surface area contributed by atoms with E-state index in [0.29, 0.717) is 25.6 Å². The summed E-state index contributed by atoms with van der Waals surface area (Å²) in [6.45, 7) is 4.86. The van der Waals surface area contributed by atoms with Gasteiger partial charge < -0.3 is 15.4 Å². The molecule has 25 heavy (non-hydrogen) atoms. The number of nitrogens with one attached hydrogen (secondary N) is 2. The van der Waals surface area contributed by atoms with E-state index in [1.54, 1.807) is 18.5 Å². The highest BCUT2D eigenvalue weighted by molar-refractivity contribution is 7.89. The number of hydrogen-bond acceptors (Lipinski definition) is 7. The lowest BCUT2D eigenvalue weighted by Gasteiger charge is -2.34. The second kappa shape index (κ2) is 9.07. The molecule has 1 aromatic heterocycles. The molecular weight excluding hydrogens is 346 g/mol. The molecule has 0 spiro atoms. The first-order chi connectivity index (χ1) is 11.9. The molecule has 0 aliphatic carbocycles. The molecule has 1 aliphatic rings. The van der Waals surface area contributed by atoms with E-state index < -0.39 is 10.0 Å². The van der Waals surface area contributed by atoms with Gasteiger partial charge in [0.1, 0.15) is 0 Å². The monoisotopic (exact) mass is 371 g/mol. The topological polar surface area (TPSA) is 114 Å². The minimum absolute atomic E-state index is 0.0864. The minimum Gasteiger partial charge on any atom is -0.373 e. The predicted molar refractivity (Wildman–Crippen MR) is 93.5 cm³/mol. The molecule has 1 aliphatic heterocycles. The number of ether oxygens (including phenoxy) is 1. The van der Waals surface area contributed by atoms with Crippen LogP contribution in [0.5, 0.6) is 0 Å².